The Hall–Kier alpha value is -0.820. The van der Waals surface area contributed by atoms with Gasteiger partial charge in [0.1, 0.15) is 0 Å². The summed E-state index contributed by atoms with van der Waals surface area (Å²) in [5.41, 5.74) is 1.26. The molecule has 0 aliphatic rings. The summed E-state index contributed by atoms with van der Waals surface area (Å²) in [7, 11) is 1.76. The molecule has 1 rings (SSSR count). The van der Waals surface area contributed by atoms with E-state index in [1.807, 2.05) is 32.0 Å². The third-order valence-electron chi connectivity index (χ3n) is 1.99. The van der Waals surface area contributed by atoms with Gasteiger partial charge >= 0.3 is 0 Å². The highest BCUT2D eigenvalue weighted by molar-refractivity contribution is 5.17. The molecule has 0 saturated carbocycles. The van der Waals surface area contributed by atoms with Crippen LogP contribution in [0.2, 0.25) is 0 Å². The van der Waals surface area contributed by atoms with Crippen LogP contribution in [0.3, 0.4) is 0 Å². The predicted molar refractivity (Wildman–Crippen MR) is 62.4 cm³/mol. The van der Waals surface area contributed by atoms with E-state index in [4.69, 9.17) is 4.74 Å². The summed E-state index contributed by atoms with van der Waals surface area (Å²) in [5.74, 6) is 0.525. The Kier molecular flexibility index (Phi) is 7.13. The fraction of sp³-hybridized carbons (Fsp3) is 0.538. The summed E-state index contributed by atoms with van der Waals surface area (Å²) < 4.78 is 5.40. The monoisotopic (exact) mass is 194 g/mol. The summed E-state index contributed by atoms with van der Waals surface area (Å²) in [6.07, 6.45) is 0.228. The van der Waals surface area contributed by atoms with E-state index >= 15 is 0 Å². The lowest BCUT2D eigenvalue weighted by Crippen LogP contribution is -2.08. The van der Waals surface area contributed by atoms with Crippen molar-refractivity contribution in [3.63, 3.8) is 0 Å². The quantitative estimate of drug-likeness (QED) is 0.705. The predicted octanol–water partition coefficient (Wildman–Crippen LogP) is 4.06. The smallest absolute Gasteiger partial charge is 0.0844 e. The van der Waals surface area contributed by atoms with Crippen LogP contribution in [0.1, 0.15) is 39.4 Å². The van der Waals surface area contributed by atoms with Crippen molar-refractivity contribution >= 4 is 0 Å². The highest BCUT2D eigenvalue weighted by atomic mass is 16.5. The number of methoxy groups -OCH3 is 1. The molecule has 1 aromatic rings. The van der Waals surface area contributed by atoms with Crippen LogP contribution < -0.4 is 0 Å². The van der Waals surface area contributed by atoms with Gasteiger partial charge in [0.05, 0.1) is 6.10 Å². The maximum absolute atomic E-state index is 5.40. The van der Waals surface area contributed by atoms with Crippen molar-refractivity contribution < 1.29 is 4.74 Å². The van der Waals surface area contributed by atoms with Crippen LogP contribution in [-0.2, 0) is 4.74 Å². The second-order valence-corrected chi connectivity index (χ2v) is 3.31. The lowest BCUT2D eigenvalue weighted by atomic mass is 9.99. The molecule has 0 aromatic heterocycles. The van der Waals surface area contributed by atoms with Crippen molar-refractivity contribution in [2.45, 2.75) is 33.8 Å². The van der Waals surface area contributed by atoms with Crippen molar-refractivity contribution in [3.8, 4) is 0 Å². The second-order valence-electron chi connectivity index (χ2n) is 3.31. The lowest BCUT2D eigenvalue weighted by molar-refractivity contribution is 0.0646. The van der Waals surface area contributed by atoms with Crippen molar-refractivity contribution in [2.24, 2.45) is 5.92 Å². The molecule has 0 N–H and O–H groups in total. The van der Waals surface area contributed by atoms with Crippen molar-refractivity contribution in [1.82, 2.24) is 0 Å². The molecule has 0 saturated heterocycles. The molecule has 1 unspecified atom stereocenters. The summed E-state index contributed by atoms with van der Waals surface area (Å²) in [6, 6.07) is 10.3. The molecule has 1 atom stereocenters. The van der Waals surface area contributed by atoms with E-state index in [1.54, 1.807) is 7.11 Å². The first kappa shape index (κ1) is 13.2. The Bertz CT molecular complexity index is 216. The third-order valence-corrected chi connectivity index (χ3v) is 1.99. The van der Waals surface area contributed by atoms with Gasteiger partial charge < -0.3 is 4.74 Å². The Morgan fingerprint density at radius 2 is 1.50 bits per heavy atom. The number of benzene rings is 1. The number of ether oxygens (including phenoxy) is 1. The summed E-state index contributed by atoms with van der Waals surface area (Å²) in [5, 5.41) is 0. The number of hydrogen-bond acceptors (Lipinski definition) is 1. The van der Waals surface area contributed by atoms with Gasteiger partial charge in [-0.25, -0.2) is 0 Å². The zero-order valence-electron chi connectivity index (χ0n) is 9.95. The average Bonchev–Trinajstić information content (AvgIpc) is 2.23. The lowest BCUT2D eigenvalue weighted by Gasteiger charge is -2.19. The van der Waals surface area contributed by atoms with Gasteiger partial charge in [0, 0.05) is 7.11 Å². The zero-order valence-corrected chi connectivity index (χ0v) is 9.95. The molecule has 0 spiro atoms. The van der Waals surface area contributed by atoms with E-state index < -0.39 is 0 Å². The molecular weight excluding hydrogens is 172 g/mol. The Balaban J connectivity index is 0.000000791. The summed E-state index contributed by atoms with van der Waals surface area (Å²) in [6.45, 7) is 8.34. The van der Waals surface area contributed by atoms with Crippen LogP contribution in [0.25, 0.3) is 0 Å². The molecular formula is C13H22O. The molecule has 0 fully saturated rings. The van der Waals surface area contributed by atoms with Crippen LogP contribution in [0.15, 0.2) is 30.3 Å². The molecule has 1 aromatic carbocycles. The molecule has 14 heavy (non-hydrogen) atoms. The van der Waals surface area contributed by atoms with Gasteiger partial charge in [-0.15, -0.1) is 0 Å². The van der Waals surface area contributed by atoms with E-state index in [0.29, 0.717) is 5.92 Å². The van der Waals surface area contributed by atoms with Crippen molar-refractivity contribution in [1.29, 1.82) is 0 Å². The summed E-state index contributed by atoms with van der Waals surface area (Å²) >= 11 is 0. The van der Waals surface area contributed by atoms with E-state index in [2.05, 4.69) is 26.0 Å². The molecule has 0 aliphatic heterocycles. The average molecular weight is 194 g/mol. The van der Waals surface area contributed by atoms with Gasteiger partial charge in [-0.3, -0.25) is 0 Å². The van der Waals surface area contributed by atoms with Gasteiger partial charge in [-0.1, -0.05) is 58.0 Å². The Morgan fingerprint density at radius 3 is 1.86 bits per heavy atom. The van der Waals surface area contributed by atoms with Crippen LogP contribution in [0.5, 0.6) is 0 Å². The molecule has 0 bridgehead atoms. The molecule has 0 aliphatic carbocycles. The standard InChI is InChI=1S/C11H16O.C2H6/c1-9(2)11(12-3)10-7-5-4-6-8-10;1-2/h4-9,11H,1-3H3;1-2H3. The molecule has 80 valence electrons. The zero-order chi connectivity index (χ0) is 11.0. The fourth-order valence-electron chi connectivity index (χ4n) is 1.44. The fourth-order valence-corrected chi connectivity index (χ4v) is 1.44. The van der Waals surface area contributed by atoms with Gasteiger partial charge in [-0.2, -0.15) is 0 Å². The first-order valence-electron chi connectivity index (χ1n) is 5.33. The van der Waals surface area contributed by atoms with Gasteiger partial charge in [-0.05, 0) is 11.5 Å². The minimum Gasteiger partial charge on any atom is -0.376 e. The van der Waals surface area contributed by atoms with Gasteiger partial charge in [0.25, 0.3) is 0 Å². The van der Waals surface area contributed by atoms with E-state index in [-0.39, 0.29) is 6.10 Å². The minimum absolute atomic E-state index is 0.228. The SMILES string of the molecule is CC.COC(c1ccccc1)C(C)C. The first-order chi connectivity index (χ1) is 6.75. The molecule has 0 amide bonds. The minimum atomic E-state index is 0.228. The van der Waals surface area contributed by atoms with Gasteiger partial charge in [0.15, 0.2) is 0 Å². The van der Waals surface area contributed by atoms with Gasteiger partial charge in [0.2, 0.25) is 0 Å². The highest BCUT2D eigenvalue weighted by Gasteiger charge is 2.13. The second kappa shape index (κ2) is 7.57. The van der Waals surface area contributed by atoms with Crippen molar-refractivity contribution in [2.75, 3.05) is 7.11 Å². The molecule has 0 radical (unpaired) electrons. The number of hydrogen-bond donors (Lipinski definition) is 0. The van der Waals surface area contributed by atoms with Crippen LogP contribution in [0.4, 0.5) is 0 Å². The largest absolute Gasteiger partial charge is 0.376 e. The van der Waals surface area contributed by atoms with E-state index in [9.17, 15) is 0 Å². The number of rotatable bonds is 3. The first-order valence-corrected chi connectivity index (χ1v) is 5.33. The maximum atomic E-state index is 5.40. The van der Waals surface area contributed by atoms with Crippen LogP contribution >= 0.6 is 0 Å². The van der Waals surface area contributed by atoms with E-state index in [0.717, 1.165) is 0 Å². The van der Waals surface area contributed by atoms with Crippen LogP contribution in [-0.4, -0.2) is 7.11 Å². The normalized spacial score (nSPS) is 11.9. The maximum Gasteiger partial charge on any atom is 0.0844 e. The van der Waals surface area contributed by atoms with Crippen molar-refractivity contribution in [3.05, 3.63) is 35.9 Å². The van der Waals surface area contributed by atoms with E-state index in [1.165, 1.54) is 5.56 Å². The molecule has 1 heteroatoms. The molecule has 0 heterocycles. The highest BCUT2D eigenvalue weighted by Crippen LogP contribution is 2.24. The van der Waals surface area contributed by atoms with Crippen LogP contribution in [0, 0.1) is 5.92 Å². The Labute approximate surface area is 88.1 Å². The molecule has 1 nitrogen and oxygen atoms in total. The third kappa shape index (κ3) is 3.93. The topological polar surface area (TPSA) is 9.23 Å². The Morgan fingerprint density at radius 1 is 1.00 bits per heavy atom. The summed E-state index contributed by atoms with van der Waals surface area (Å²) in [4.78, 5) is 0.